The molecule has 0 aromatic carbocycles. The monoisotopic (exact) mass is 462 g/mol. The average Bonchev–Trinajstić information content (AvgIpc) is 3.11. The summed E-state index contributed by atoms with van der Waals surface area (Å²) in [6.45, 7) is 11.1. The highest BCUT2D eigenvalue weighted by molar-refractivity contribution is 5.75. The van der Waals surface area contributed by atoms with Gasteiger partial charge in [-0.05, 0) is 74.5 Å². The van der Waals surface area contributed by atoms with E-state index in [1.807, 2.05) is 20.8 Å². The minimum Gasteiger partial charge on any atom is -0.458 e. The van der Waals surface area contributed by atoms with Crippen molar-refractivity contribution in [1.82, 2.24) is 4.98 Å². The van der Waals surface area contributed by atoms with E-state index in [0.29, 0.717) is 18.8 Å². The summed E-state index contributed by atoms with van der Waals surface area (Å²) < 4.78 is 16.3. The van der Waals surface area contributed by atoms with Crippen molar-refractivity contribution >= 4 is 12.1 Å². The van der Waals surface area contributed by atoms with Gasteiger partial charge in [-0.1, -0.05) is 27.7 Å². The number of hydrogen-bond donors (Lipinski definition) is 1. The van der Waals surface area contributed by atoms with E-state index in [0.717, 1.165) is 43.7 Å². The van der Waals surface area contributed by atoms with Crippen LogP contribution in [0.15, 0.2) is 12.1 Å². The normalized spacial score (nSPS) is 20.2. The second-order valence-electron chi connectivity index (χ2n) is 10.0. The predicted octanol–water partition coefficient (Wildman–Crippen LogP) is 4.62. The number of esters is 1. The van der Waals surface area contributed by atoms with Gasteiger partial charge in [-0.2, -0.15) is 0 Å². The number of aromatic nitrogens is 1. The number of cyclic esters (lactones) is 1. The lowest BCUT2D eigenvalue weighted by Crippen LogP contribution is -2.36. The molecule has 2 N–H and O–H groups in total. The van der Waals surface area contributed by atoms with Crippen molar-refractivity contribution in [2.75, 3.05) is 13.7 Å². The van der Waals surface area contributed by atoms with Crippen LogP contribution in [-0.4, -0.2) is 43.0 Å². The van der Waals surface area contributed by atoms with Gasteiger partial charge in [-0.25, -0.2) is 4.79 Å². The Morgan fingerprint density at radius 2 is 1.97 bits per heavy atom. The number of nitrogens with two attached hydrogens (primary N) is 1. The summed E-state index contributed by atoms with van der Waals surface area (Å²) in [7, 11) is 1.72. The van der Waals surface area contributed by atoms with Gasteiger partial charge in [0.2, 0.25) is 0 Å². The molecule has 0 aliphatic carbocycles. The molecule has 1 saturated heterocycles. The number of carbonyl (C=O) groups excluding carboxylic acids is 2. The van der Waals surface area contributed by atoms with E-state index in [4.69, 9.17) is 24.9 Å². The molecular weight excluding hydrogens is 420 g/mol. The highest BCUT2D eigenvalue weighted by Gasteiger charge is 2.42. The number of rotatable bonds is 13. The Morgan fingerprint density at radius 3 is 2.55 bits per heavy atom. The fourth-order valence-corrected chi connectivity index (χ4v) is 4.63. The third-order valence-corrected chi connectivity index (χ3v) is 6.62. The molecule has 0 spiro atoms. The summed E-state index contributed by atoms with van der Waals surface area (Å²) in [6.07, 6.45) is 3.13. The highest BCUT2D eigenvalue weighted by atomic mass is 16.6. The molecule has 1 amide bonds. The molecule has 186 valence electrons. The number of aryl methyl sites for hydroxylation is 2. The number of ether oxygens (including phenoxy) is 3. The van der Waals surface area contributed by atoms with Crippen LogP contribution in [0.3, 0.4) is 0 Å². The van der Waals surface area contributed by atoms with Crippen molar-refractivity contribution in [2.24, 2.45) is 29.4 Å². The molecule has 7 nitrogen and oxygen atoms in total. The molecule has 1 fully saturated rings. The standard InChI is InChI=1S/C26H42N2O5/c1-16(2)20(12-19-11-18(5)28-21(13-19)9-7-8-10-31-6)14-23(33-26(27)30)24-15-22(17(3)4)25(29)32-24/h11,13,16-17,20,22-24H,7-10,12,14-15H2,1-6H3,(H2,27,30). The van der Waals surface area contributed by atoms with Gasteiger partial charge in [0.05, 0.1) is 5.92 Å². The molecule has 33 heavy (non-hydrogen) atoms. The zero-order chi connectivity index (χ0) is 24.5. The largest absolute Gasteiger partial charge is 0.458 e. The second kappa shape index (κ2) is 12.9. The number of hydrogen-bond acceptors (Lipinski definition) is 6. The molecule has 0 bridgehead atoms. The lowest BCUT2D eigenvalue weighted by atomic mass is 9.82. The maximum atomic E-state index is 12.3. The van der Waals surface area contributed by atoms with Crippen molar-refractivity contribution in [1.29, 1.82) is 0 Å². The molecule has 1 aromatic rings. The number of pyridine rings is 1. The number of nitrogens with zero attached hydrogens (tertiary/aromatic N) is 1. The van der Waals surface area contributed by atoms with Crippen molar-refractivity contribution < 1.29 is 23.8 Å². The molecule has 1 aliphatic heterocycles. The number of amides is 1. The number of primary amides is 1. The molecule has 0 radical (unpaired) electrons. The molecule has 7 heteroatoms. The van der Waals surface area contributed by atoms with Gasteiger partial charge in [0.25, 0.3) is 0 Å². The first kappa shape index (κ1) is 27.1. The Morgan fingerprint density at radius 1 is 1.24 bits per heavy atom. The Hall–Kier alpha value is -2.15. The maximum absolute atomic E-state index is 12.3. The molecule has 1 aromatic heterocycles. The Labute approximate surface area is 198 Å². The summed E-state index contributed by atoms with van der Waals surface area (Å²) in [4.78, 5) is 28.7. The van der Waals surface area contributed by atoms with Crippen LogP contribution in [0.25, 0.3) is 0 Å². The quantitative estimate of drug-likeness (QED) is 0.339. The van der Waals surface area contributed by atoms with Crippen LogP contribution in [0.5, 0.6) is 0 Å². The van der Waals surface area contributed by atoms with E-state index in [1.165, 1.54) is 5.56 Å². The Bertz CT molecular complexity index is 780. The summed E-state index contributed by atoms with van der Waals surface area (Å²) in [5.74, 6) is 0.377. The van der Waals surface area contributed by atoms with Crippen LogP contribution in [0.1, 0.15) is 70.3 Å². The fraction of sp³-hybridized carbons (Fsp3) is 0.731. The maximum Gasteiger partial charge on any atom is 0.404 e. The lowest BCUT2D eigenvalue weighted by molar-refractivity contribution is -0.149. The zero-order valence-electron chi connectivity index (χ0n) is 21.1. The topological polar surface area (TPSA) is 101 Å². The number of methoxy groups -OCH3 is 1. The molecule has 4 unspecified atom stereocenters. The first-order chi connectivity index (χ1) is 15.6. The van der Waals surface area contributed by atoms with Crippen molar-refractivity contribution in [2.45, 2.75) is 85.4 Å². The average molecular weight is 463 g/mol. The summed E-state index contributed by atoms with van der Waals surface area (Å²) in [5.41, 5.74) is 8.71. The van der Waals surface area contributed by atoms with Gasteiger partial charge in [0, 0.05) is 31.5 Å². The van der Waals surface area contributed by atoms with E-state index >= 15 is 0 Å². The van der Waals surface area contributed by atoms with Crippen LogP contribution in [0.4, 0.5) is 4.79 Å². The van der Waals surface area contributed by atoms with Crippen LogP contribution in [0, 0.1) is 30.6 Å². The smallest absolute Gasteiger partial charge is 0.404 e. The summed E-state index contributed by atoms with van der Waals surface area (Å²) in [6, 6.07) is 4.31. The van der Waals surface area contributed by atoms with E-state index in [1.54, 1.807) is 7.11 Å². The third-order valence-electron chi connectivity index (χ3n) is 6.62. The van der Waals surface area contributed by atoms with Gasteiger partial charge >= 0.3 is 12.1 Å². The van der Waals surface area contributed by atoms with E-state index in [9.17, 15) is 9.59 Å². The fourth-order valence-electron chi connectivity index (χ4n) is 4.63. The van der Waals surface area contributed by atoms with E-state index in [-0.39, 0.29) is 23.7 Å². The molecular formula is C26H42N2O5. The number of unbranched alkanes of at least 4 members (excludes halogenated alkanes) is 1. The van der Waals surface area contributed by atoms with Gasteiger partial charge in [0.1, 0.15) is 12.2 Å². The van der Waals surface area contributed by atoms with Gasteiger partial charge in [0.15, 0.2) is 0 Å². The molecule has 2 rings (SSSR count). The SMILES string of the molecule is COCCCCc1cc(CC(CC(OC(N)=O)C2CC(C(C)C)C(=O)O2)C(C)C)cc(C)n1. The second-order valence-corrected chi connectivity index (χ2v) is 10.0. The number of carbonyl (C=O) groups is 2. The zero-order valence-corrected chi connectivity index (χ0v) is 21.1. The molecule has 2 heterocycles. The van der Waals surface area contributed by atoms with E-state index in [2.05, 4.69) is 26.0 Å². The minimum atomic E-state index is -0.829. The summed E-state index contributed by atoms with van der Waals surface area (Å²) in [5, 5.41) is 0. The first-order valence-electron chi connectivity index (χ1n) is 12.2. The van der Waals surface area contributed by atoms with Crippen LogP contribution in [-0.2, 0) is 31.8 Å². The Kier molecular flexibility index (Phi) is 10.6. The van der Waals surface area contributed by atoms with Crippen LogP contribution in [0.2, 0.25) is 0 Å². The van der Waals surface area contributed by atoms with Gasteiger partial charge < -0.3 is 19.9 Å². The van der Waals surface area contributed by atoms with E-state index < -0.39 is 18.3 Å². The van der Waals surface area contributed by atoms with Crippen LogP contribution < -0.4 is 5.73 Å². The first-order valence-corrected chi connectivity index (χ1v) is 12.2. The van der Waals surface area contributed by atoms with Crippen molar-refractivity contribution in [3.05, 3.63) is 29.1 Å². The minimum absolute atomic E-state index is 0.171. The predicted molar refractivity (Wildman–Crippen MR) is 128 cm³/mol. The van der Waals surface area contributed by atoms with Crippen molar-refractivity contribution in [3.63, 3.8) is 0 Å². The Balaban J connectivity index is 2.13. The molecule has 4 atom stereocenters. The van der Waals surface area contributed by atoms with Gasteiger partial charge in [-0.3, -0.25) is 9.78 Å². The molecule has 0 saturated carbocycles. The highest BCUT2D eigenvalue weighted by Crippen LogP contribution is 2.34. The van der Waals surface area contributed by atoms with Gasteiger partial charge in [-0.15, -0.1) is 0 Å². The lowest BCUT2D eigenvalue weighted by Gasteiger charge is -2.29. The van der Waals surface area contributed by atoms with Crippen molar-refractivity contribution in [3.8, 4) is 0 Å². The van der Waals surface area contributed by atoms with Crippen LogP contribution >= 0.6 is 0 Å². The molecule has 1 aliphatic rings. The third kappa shape index (κ3) is 8.61. The summed E-state index contributed by atoms with van der Waals surface area (Å²) >= 11 is 0.